The Morgan fingerprint density at radius 1 is 0.267 bits per heavy atom. The molecule has 0 spiro atoms. The fourth-order valence-electron chi connectivity index (χ4n) is 15.7. The van der Waals surface area contributed by atoms with Crippen LogP contribution in [0.2, 0.25) is 26.6 Å². The molecule has 0 fully saturated rings. The fraction of sp³-hybridized carbons (Fsp3) is 0.821. The first-order valence-corrected chi connectivity index (χ1v) is 53.4. The summed E-state index contributed by atoms with van der Waals surface area (Å²) in [5.41, 5.74) is -0.605. The summed E-state index contributed by atoms with van der Waals surface area (Å²) >= 11 is -7.23. The van der Waals surface area contributed by atoms with Crippen LogP contribution in [0, 0.1) is 11.8 Å². The first-order chi connectivity index (χ1) is 42.0. The molecule has 2 aromatic carbocycles. The van der Waals surface area contributed by atoms with Crippen molar-refractivity contribution in [2.45, 2.75) is 391 Å². The summed E-state index contributed by atoms with van der Waals surface area (Å²) in [6.45, 7) is 24.0. The molecule has 4 bridgehead atoms. The van der Waals surface area contributed by atoms with E-state index in [1.807, 2.05) is 0 Å². The number of hydrogen-bond acceptors (Lipinski definition) is 4. The average Bonchev–Trinajstić information content (AvgIpc) is 1.49. The van der Waals surface area contributed by atoms with Crippen LogP contribution in [0.4, 0.5) is 0 Å². The van der Waals surface area contributed by atoms with Crippen molar-refractivity contribution >= 4 is 76.2 Å². The molecule has 0 radical (unpaired) electrons. The van der Waals surface area contributed by atoms with Gasteiger partial charge in [0.15, 0.2) is 0 Å². The number of rotatable bonds is 56. The SMILES string of the molecule is CCCCCCCCCCC(CCCCCCCC)Cn1c(=O)c2c[c]([Sn]([CH2]CCC)([CH2]CCC)[CH2]CCC)c(c1=O)c1c3c[c]([Sn]([CH2]CCC)([CH2]CCC)[CH2]CCC)c(c(=O)n(CC(CCCCCCCC)CCCCCCCCCC)c3=O)c21. The molecule has 2 atom stereocenters. The summed E-state index contributed by atoms with van der Waals surface area (Å²) in [5, 5.41) is 4.12. The van der Waals surface area contributed by atoms with Gasteiger partial charge in [-0.25, -0.2) is 0 Å². The van der Waals surface area contributed by atoms with Crippen molar-refractivity contribution in [1.82, 2.24) is 9.13 Å². The zero-order valence-electron chi connectivity index (χ0n) is 58.6. The van der Waals surface area contributed by atoms with Gasteiger partial charge in [-0.1, -0.05) is 79.1 Å². The van der Waals surface area contributed by atoms with E-state index in [9.17, 15) is 0 Å². The van der Waals surface area contributed by atoms with Crippen molar-refractivity contribution in [3.63, 3.8) is 0 Å². The Bertz CT molecular complexity index is 2410. The molecule has 8 heteroatoms. The van der Waals surface area contributed by atoms with Gasteiger partial charge >= 0.3 is 463 Å². The van der Waals surface area contributed by atoms with E-state index in [1.54, 1.807) is 9.13 Å². The van der Waals surface area contributed by atoms with Gasteiger partial charge in [0.2, 0.25) is 0 Å². The van der Waals surface area contributed by atoms with Gasteiger partial charge in [-0.2, -0.15) is 0 Å². The number of benzene rings is 2. The zero-order chi connectivity index (χ0) is 62.4. The molecule has 492 valence electrons. The molecule has 0 aliphatic rings. The molecule has 0 N–H and O–H groups in total. The van der Waals surface area contributed by atoms with E-state index in [0.29, 0.717) is 34.6 Å². The second-order valence-electron chi connectivity index (χ2n) is 28.4. The number of fused-ring (bicyclic) bond motifs is 6. The maximum atomic E-state index is 16.8. The topological polar surface area (TPSA) is 78.1 Å². The van der Waals surface area contributed by atoms with E-state index in [2.05, 4.69) is 81.4 Å². The molecule has 6 aromatic rings. The second kappa shape index (κ2) is 45.0. The molecule has 2 unspecified atom stereocenters. The number of hydrogen-bond donors (Lipinski definition) is 0. The molecule has 0 saturated carbocycles. The molecule has 6 nitrogen and oxygen atoms in total. The number of unbranched alkanes of at least 4 members (excludes halogenated alkanes) is 30. The third-order valence-electron chi connectivity index (χ3n) is 21.2. The van der Waals surface area contributed by atoms with Gasteiger partial charge in [0.05, 0.1) is 0 Å². The van der Waals surface area contributed by atoms with Crippen LogP contribution >= 0.6 is 0 Å². The Labute approximate surface area is 538 Å². The first-order valence-electron chi connectivity index (χ1n) is 38.4. The van der Waals surface area contributed by atoms with Crippen molar-refractivity contribution in [2.24, 2.45) is 11.8 Å². The van der Waals surface area contributed by atoms with Crippen molar-refractivity contribution in [2.75, 3.05) is 0 Å². The summed E-state index contributed by atoms with van der Waals surface area (Å²) in [6.07, 6.45) is 52.4. The zero-order valence-corrected chi connectivity index (χ0v) is 64.3. The predicted octanol–water partition coefficient (Wildman–Crippen LogP) is 23.0. The summed E-state index contributed by atoms with van der Waals surface area (Å²) in [5.74, 6) is 0.444. The van der Waals surface area contributed by atoms with Crippen LogP contribution in [0.3, 0.4) is 0 Å². The predicted molar refractivity (Wildman–Crippen MR) is 389 cm³/mol. The Morgan fingerprint density at radius 2 is 0.477 bits per heavy atom. The third-order valence-corrected chi connectivity index (χ3v) is 52.4. The van der Waals surface area contributed by atoms with E-state index in [0.717, 1.165) is 166 Å². The van der Waals surface area contributed by atoms with Gasteiger partial charge < -0.3 is 0 Å². The summed E-state index contributed by atoms with van der Waals surface area (Å²) in [4.78, 5) is 66.8. The Kier molecular flexibility index (Phi) is 40.3. The molecule has 0 amide bonds. The normalized spacial score (nSPS) is 13.2. The number of nitrogens with zero attached hydrogens (tertiary/aromatic N) is 2. The Hall–Kier alpha value is -1.42. The van der Waals surface area contributed by atoms with Crippen LogP contribution in [0.1, 0.15) is 352 Å². The van der Waals surface area contributed by atoms with Crippen LogP contribution in [0.15, 0.2) is 31.3 Å². The molecule has 0 aliphatic carbocycles. The minimum absolute atomic E-state index is 0.133. The summed E-state index contributed by atoms with van der Waals surface area (Å²) < 4.78 is 12.9. The van der Waals surface area contributed by atoms with E-state index in [-0.39, 0.29) is 34.1 Å². The van der Waals surface area contributed by atoms with Crippen LogP contribution in [-0.2, 0) is 13.1 Å². The molecule has 4 heterocycles. The molecule has 0 aliphatic heterocycles. The average molecular weight is 1410 g/mol. The van der Waals surface area contributed by atoms with Gasteiger partial charge in [-0.3, -0.25) is 0 Å². The maximum absolute atomic E-state index is 16.8. The fourth-order valence-corrected chi connectivity index (χ4v) is 49.2. The van der Waals surface area contributed by atoms with Crippen LogP contribution < -0.4 is 29.4 Å². The van der Waals surface area contributed by atoms with Gasteiger partial charge in [-0.15, -0.1) is 0 Å². The van der Waals surface area contributed by atoms with Crippen LogP contribution in [0.25, 0.3) is 32.3 Å². The Morgan fingerprint density at radius 3 is 0.698 bits per heavy atom. The molecular weight excluding hydrogens is 1270 g/mol. The van der Waals surface area contributed by atoms with Crippen molar-refractivity contribution < 1.29 is 0 Å². The standard InChI is InChI=1S/C54H84N2O4.6C4H9.2Sn/c1-5-9-13-17-21-23-27-31-35-43(33-29-25-19-15-11-7-3)41-55-51(57)45-37-38-46(52(55)58)50-48-40-39-47(49(45)50)53(59)56(54(48)60)42-44(34-30-26-20-16-12-8-4)36-32-28-24-22-18-14-10-6-2;6*1-3-4-2;;/h37,40,43-44H,5-36,41-42H2,1-4H3;6*1,3-4H2,2H3;;. The van der Waals surface area contributed by atoms with E-state index in [1.165, 1.54) is 161 Å². The molecule has 4 aromatic heterocycles. The number of aromatic nitrogens is 2. The van der Waals surface area contributed by atoms with Crippen molar-refractivity contribution in [1.29, 1.82) is 0 Å². The monoisotopic (exact) mass is 1410 g/mol. The summed E-state index contributed by atoms with van der Waals surface area (Å²) in [6, 6.07) is 4.65. The van der Waals surface area contributed by atoms with E-state index < -0.39 is 36.8 Å². The van der Waals surface area contributed by atoms with E-state index >= 15 is 19.2 Å². The third kappa shape index (κ3) is 23.6. The van der Waals surface area contributed by atoms with E-state index in [4.69, 9.17) is 0 Å². The molecule has 0 saturated heterocycles. The van der Waals surface area contributed by atoms with Crippen LogP contribution in [-0.4, -0.2) is 45.9 Å². The molecular formula is C78H138N2O4Sn2. The van der Waals surface area contributed by atoms with Gasteiger partial charge in [0.1, 0.15) is 0 Å². The quantitative estimate of drug-likeness (QED) is 0.0326. The first kappa shape index (κ1) is 77.0. The van der Waals surface area contributed by atoms with Crippen molar-refractivity contribution in [3.8, 4) is 0 Å². The molecule has 86 heavy (non-hydrogen) atoms. The van der Waals surface area contributed by atoms with Gasteiger partial charge in [-0.05, 0) is 0 Å². The second-order valence-corrected chi connectivity index (χ2v) is 54.7. The van der Waals surface area contributed by atoms with Crippen LogP contribution in [0.5, 0.6) is 0 Å². The Balaban J connectivity index is 2.23. The minimum atomic E-state index is -3.61. The van der Waals surface area contributed by atoms with Gasteiger partial charge in [0, 0.05) is 0 Å². The van der Waals surface area contributed by atoms with Crippen molar-refractivity contribution in [3.05, 3.63) is 53.5 Å². The van der Waals surface area contributed by atoms with Gasteiger partial charge in [0.25, 0.3) is 0 Å². The molecule has 6 rings (SSSR count). The summed E-state index contributed by atoms with van der Waals surface area (Å²) in [7, 11) is 0.